The summed E-state index contributed by atoms with van der Waals surface area (Å²) in [6.45, 7) is 0.405. The molecule has 0 radical (unpaired) electrons. The van der Waals surface area contributed by atoms with E-state index in [9.17, 15) is 9.90 Å². The van der Waals surface area contributed by atoms with Crippen LogP contribution in [0.25, 0.3) is 10.1 Å². The molecule has 1 atom stereocenters. The van der Waals surface area contributed by atoms with Crippen molar-refractivity contribution in [1.82, 2.24) is 4.90 Å². The van der Waals surface area contributed by atoms with Gasteiger partial charge in [-0.2, -0.15) is 0 Å². The minimum absolute atomic E-state index is 0.0123. The lowest BCUT2D eigenvalue weighted by atomic mass is 10.2. The number of halogens is 1. The summed E-state index contributed by atoms with van der Waals surface area (Å²) in [6, 6.07) is 7.77. The highest BCUT2D eigenvalue weighted by Crippen LogP contribution is 2.28. The monoisotopic (exact) mass is 312 g/mol. The minimum Gasteiger partial charge on any atom is -0.390 e. The van der Waals surface area contributed by atoms with Crippen LogP contribution in [0.15, 0.2) is 24.3 Å². The molecule has 0 spiro atoms. The Hall–Kier alpha value is -1.30. The highest BCUT2D eigenvalue weighted by Gasteiger charge is 2.12. The molecular weight excluding hydrogens is 296 g/mol. The predicted octanol–water partition coefficient (Wildman–Crippen LogP) is 2.61. The number of carbonyl (C=O) groups excluding carboxylic acids is 1. The lowest BCUT2D eigenvalue weighted by molar-refractivity contribution is 0.0832. The number of anilines is 1. The van der Waals surface area contributed by atoms with Crippen LogP contribution in [0, 0.1) is 0 Å². The normalized spacial score (nSPS) is 12.4. The van der Waals surface area contributed by atoms with Gasteiger partial charge in [0.25, 0.3) is 5.91 Å². The average molecular weight is 313 g/mol. The van der Waals surface area contributed by atoms with Gasteiger partial charge in [0.15, 0.2) is 0 Å². The van der Waals surface area contributed by atoms with Crippen molar-refractivity contribution in [2.75, 3.05) is 31.8 Å². The first-order valence-corrected chi connectivity index (χ1v) is 7.59. The Bertz CT molecular complexity index is 612. The van der Waals surface area contributed by atoms with E-state index in [1.165, 1.54) is 11.3 Å². The van der Waals surface area contributed by atoms with E-state index in [0.29, 0.717) is 6.54 Å². The number of aliphatic hydroxyl groups is 1. The van der Waals surface area contributed by atoms with Crippen molar-refractivity contribution in [3.8, 4) is 0 Å². The number of rotatable bonds is 5. The fourth-order valence-corrected chi connectivity index (χ4v) is 2.94. The number of hydrogen-bond acceptors (Lipinski definition) is 4. The maximum absolute atomic E-state index is 11.9. The maximum Gasteiger partial charge on any atom is 0.263 e. The number of hydrogen-bond donors (Lipinski definition) is 2. The summed E-state index contributed by atoms with van der Waals surface area (Å²) < 4.78 is 1.07. The van der Waals surface area contributed by atoms with E-state index in [2.05, 4.69) is 5.32 Å². The van der Waals surface area contributed by atoms with Crippen LogP contribution in [0.2, 0.25) is 0 Å². The molecule has 4 nitrogen and oxygen atoms in total. The second-order valence-electron chi connectivity index (χ2n) is 4.75. The number of aliphatic hydroxyl groups excluding tert-OH is 1. The predicted molar refractivity (Wildman–Crippen MR) is 85.1 cm³/mol. The van der Waals surface area contributed by atoms with Crippen LogP contribution in [-0.2, 0) is 0 Å². The molecule has 20 heavy (non-hydrogen) atoms. The van der Waals surface area contributed by atoms with Crippen LogP contribution in [0.4, 0.5) is 5.69 Å². The third-order valence-electron chi connectivity index (χ3n) is 2.85. The van der Waals surface area contributed by atoms with E-state index in [0.717, 1.165) is 20.7 Å². The van der Waals surface area contributed by atoms with Crippen molar-refractivity contribution in [1.29, 1.82) is 0 Å². The largest absolute Gasteiger partial charge is 0.390 e. The molecular formula is C14H17ClN2O2S. The molecule has 1 amide bonds. The quantitative estimate of drug-likeness (QED) is 0.835. The molecule has 0 fully saturated rings. The van der Waals surface area contributed by atoms with Crippen LogP contribution in [-0.4, -0.2) is 48.5 Å². The summed E-state index contributed by atoms with van der Waals surface area (Å²) in [7, 11) is 3.49. The van der Waals surface area contributed by atoms with Crippen molar-refractivity contribution in [2.24, 2.45) is 0 Å². The van der Waals surface area contributed by atoms with Crippen molar-refractivity contribution in [2.45, 2.75) is 6.10 Å². The van der Waals surface area contributed by atoms with Gasteiger partial charge in [0.2, 0.25) is 0 Å². The van der Waals surface area contributed by atoms with Gasteiger partial charge in [0.05, 0.1) is 16.9 Å². The smallest absolute Gasteiger partial charge is 0.263 e. The molecule has 1 aromatic heterocycles. The van der Waals surface area contributed by atoms with Crippen LogP contribution in [0.1, 0.15) is 9.67 Å². The number of carbonyl (C=O) groups is 1. The van der Waals surface area contributed by atoms with E-state index in [1.54, 1.807) is 19.0 Å². The van der Waals surface area contributed by atoms with Gasteiger partial charge < -0.3 is 15.3 Å². The van der Waals surface area contributed by atoms with Crippen molar-refractivity contribution in [3.63, 3.8) is 0 Å². The molecule has 0 aliphatic rings. The van der Waals surface area contributed by atoms with E-state index in [-0.39, 0.29) is 11.8 Å². The lowest BCUT2D eigenvalue weighted by Crippen LogP contribution is -2.20. The lowest BCUT2D eigenvalue weighted by Gasteiger charge is -2.09. The van der Waals surface area contributed by atoms with E-state index in [4.69, 9.17) is 11.6 Å². The molecule has 108 valence electrons. The number of alkyl halides is 1. The molecule has 0 aliphatic carbocycles. The zero-order chi connectivity index (χ0) is 14.7. The van der Waals surface area contributed by atoms with Crippen LogP contribution >= 0.6 is 22.9 Å². The second-order valence-corrected chi connectivity index (χ2v) is 6.14. The Labute approximate surface area is 127 Å². The first-order chi connectivity index (χ1) is 9.51. The molecule has 0 saturated heterocycles. The molecule has 6 heteroatoms. The highest BCUT2D eigenvalue weighted by atomic mass is 35.5. The van der Waals surface area contributed by atoms with Gasteiger partial charge in [-0.25, -0.2) is 0 Å². The summed E-state index contributed by atoms with van der Waals surface area (Å²) in [5.41, 5.74) is 0.906. The number of thiophene rings is 1. The van der Waals surface area contributed by atoms with Gasteiger partial charge in [-0.1, -0.05) is 0 Å². The summed E-state index contributed by atoms with van der Waals surface area (Å²) in [4.78, 5) is 14.2. The third-order valence-corrected chi connectivity index (χ3v) is 4.31. The molecule has 2 aromatic rings. The fourth-order valence-electron chi connectivity index (χ4n) is 1.77. The Morgan fingerprint density at radius 1 is 1.45 bits per heavy atom. The molecule has 1 unspecified atom stereocenters. The Morgan fingerprint density at radius 3 is 2.85 bits per heavy atom. The topological polar surface area (TPSA) is 52.6 Å². The average Bonchev–Trinajstić information content (AvgIpc) is 2.86. The zero-order valence-electron chi connectivity index (χ0n) is 11.4. The number of nitrogens with one attached hydrogen (secondary N) is 1. The van der Waals surface area contributed by atoms with Gasteiger partial charge in [0.1, 0.15) is 0 Å². The molecule has 0 bridgehead atoms. The van der Waals surface area contributed by atoms with E-state index >= 15 is 0 Å². The number of amides is 1. The number of fused-ring (bicyclic) bond motifs is 1. The van der Waals surface area contributed by atoms with Crippen molar-refractivity contribution >= 4 is 44.6 Å². The summed E-state index contributed by atoms with van der Waals surface area (Å²) in [5, 5.41) is 13.6. The Balaban J connectivity index is 2.19. The van der Waals surface area contributed by atoms with Crippen LogP contribution < -0.4 is 5.32 Å². The van der Waals surface area contributed by atoms with Crippen molar-refractivity contribution < 1.29 is 9.90 Å². The molecule has 2 N–H and O–H groups in total. The molecule has 1 aromatic carbocycles. The van der Waals surface area contributed by atoms with Gasteiger partial charge >= 0.3 is 0 Å². The SMILES string of the molecule is CN(C)C(=O)c1cc2cc(NCC(O)CCl)ccc2s1. The van der Waals surface area contributed by atoms with Gasteiger partial charge in [-0.3, -0.25) is 4.79 Å². The first kappa shape index (κ1) is 15.1. The van der Waals surface area contributed by atoms with Gasteiger partial charge in [-0.15, -0.1) is 22.9 Å². The molecule has 0 saturated carbocycles. The fraction of sp³-hybridized carbons (Fsp3) is 0.357. The van der Waals surface area contributed by atoms with Gasteiger partial charge in [-0.05, 0) is 29.7 Å². The van der Waals surface area contributed by atoms with Crippen molar-refractivity contribution in [3.05, 3.63) is 29.1 Å². The highest BCUT2D eigenvalue weighted by molar-refractivity contribution is 7.20. The maximum atomic E-state index is 11.9. The summed E-state index contributed by atoms with van der Waals surface area (Å²) in [6.07, 6.45) is -0.569. The van der Waals surface area contributed by atoms with Gasteiger partial charge in [0, 0.05) is 31.0 Å². The molecule has 0 aliphatic heterocycles. The minimum atomic E-state index is -0.569. The summed E-state index contributed by atoms with van der Waals surface area (Å²) in [5.74, 6) is 0.216. The number of nitrogens with zero attached hydrogens (tertiary/aromatic N) is 1. The number of benzene rings is 1. The molecule has 1 heterocycles. The molecule has 2 rings (SSSR count). The zero-order valence-corrected chi connectivity index (χ0v) is 13.0. The Morgan fingerprint density at radius 2 is 2.20 bits per heavy atom. The van der Waals surface area contributed by atoms with Crippen LogP contribution in [0.3, 0.4) is 0 Å². The van der Waals surface area contributed by atoms with E-state index in [1.807, 2.05) is 24.3 Å². The Kier molecular flexibility index (Phi) is 4.86. The standard InChI is InChI=1S/C14H17ClN2O2S/c1-17(2)14(19)13-6-9-5-10(3-4-12(9)20-13)16-8-11(18)7-15/h3-6,11,16,18H,7-8H2,1-2H3. The third kappa shape index (κ3) is 3.42. The van der Waals surface area contributed by atoms with Crippen LogP contribution in [0.5, 0.6) is 0 Å². The summed E-state index contributed by atoms with van der Waals surface area (Å²) >= 11 is 7.03. The first-order valence-electron chi connectivity index (χ1n) is 6.24. The second kappa shape index (κ2) is 6.43. The van der Waals surface area contributed by atoms with E-state index < -0.39 is 6.10 Å².